The average molecular weight is 346 g/mol. The molecule has 8 heteroatoms. The van der Waals surface area contributed by atoms with Crippen LogP contribution in [0.1, 0.15) is 44.0 Å². The molecule has 1 aromatic carbocycles. The molecular formula is C17H22N4O4. The maximum Gasteiger partial charge on any atom is 0.269 e. The lowest BCUT2D eigenvalue weighted by Crippen LogP contribution is -2.32. The zero-order valence-corrected chi connectivity index (χ0v) is 14.7. The Hall–Kier alpha value is -2.74. The third kappa shape index (κ3) is 4.87. The maximum absolute atomic E-state index is 12.2. The van der Waals surface area contributed by atoms with Gasteiger partial charge in [-0.2, -0.15) is 0 Å². The fourth-order valence-corrected chi connectivity index (χ4v) is 2.31. The molecule has 0 saturated heterocycles. The number of hydrogen-bond donors (Lipinski definition) is 1. The van der Waals surface area contributed by atoms with Gasteiger partial charge in [0.2, 0.25) is 11.8 Å². The zero-order valence-electron chi connectivity index (χ0n) is 14.7. The Morgan fingerprint density at radius 2 is 2.08 bits per heavy atom. The van der Waals surface area contributed by atoms with Crippen molar-refractivity contribution in [3.8, 4) is 0 Å². The van der Waals surface area contributed by atoms with E-state index in [1.807, 2.05) is 20.8 Å². The Kier molecular flexibility index (Phi) is 5.87. The highest BCUT2D eigenvalue weighted by molar-refractivity contribution is 5.91. The van der Waals surface area contributed by atoms with Gasteiger partial charge in [0, 0.05) is 24.2 Å². The topological polar surface area (TPSA) is 102 Å². The number of nitrogens with one attached hydrogen (secondary N) is 1. The van der Waals surface area contributed by atoms with E-state index in [0.29, 0.717) is 5.88 Å². The van der Waals surface area contributed by atoms with E-state index in [-0.39, 0.29) is 30.1 Å². The molecule has 0 saturated carbocycles. The lowest BCUT2D eigenvalue weighted by molar-refractivity contribution is -0.384. The highest BCUT2D eigenvalue weighted by Gasteiger charge is 2.18. The van der Waals surface area contributed by atoms with Crippen molar-refractivity contribution in [2.24, 2.45) is 0 Å². The van der Waals surface area contributed by atoms with Crippen molar-refractivity contribution in [3.05, 3.63) is 51.7 Å². The lowest BCUT2D eigenvalue weighted by atomic mass is 10.1. The third-order valence-corrected chi connectivity index (χ3v) is 4.00. The Morgan fingerprint density at radius 3 is 2.68 bits per heavy atom. The van der Waals surface area contributed by atoms with Gasteiger partial charge in [0.25, 0.3) is 5.69 Å². The zero-order chi connectivity index (χ0) is 18.6. The van der Waals surface area contributed by atoms with Crippen molar-refractivity contribution in [1.29, 1.82) is 0 Å². The Bertz CT molecular complexity index is 757. The van der Waals surface area contributed by atoms with Gasteiger partial charge in [-0.25, -0.2) is 0 Å². The number of carbonyl (C=O) groups excluding carboxylic acids is 1. The van der Waals surface area contributed by atoms with Crippen LogP contribution < -0.4 is 5.32 Å². The minimum atomic E-state index is -0.431. The second-order valence-corrected chi connectivity index (χ2v) is 6.26. The molecule has 8 nitrogen and oxygen atoms in total. The molecule has 0 spiro atoms. The number of likely N-dealkylation sites (N-methyl/N-ethyl adjacent to an activating group) is 1. The summed E-state index contributed by atoms with van der Waals surface area (Å²) < 4.78 is 5.09. The van der Waals surface area contributed by atoms with E-state index in [1.165, 1.54) is 12.1 Å². The summed E-state index contributed by atoms with van der Waals surface area (Å²) in [4.78, 5) is 24.4. The molecule has 1 atom stereocenters. The van der Waals surface area contributed by atoms with Crippen LogP contribution in [0.2, 0.25) is 0 Å². The van der Waals surface area contributed by atoms with Crippen LogP contribution in [0.25, 0.3) is 0 Å². The molecule has 2 rings (SSSR count). The fraction of sp³-hybridized carbons (Fsp3) is 0.412. The number of nitro benzene ring substituents is 1. The van der Waals surface area contributed by atoms with Crippen molar-refractivity contribution >= 4 is 17.5 Å². The summed E-state index contributed by atoms with van der Waals surface area (Å²) in [6.45, 7) is 5.97. The van der Waals surface area contributed by atoms with E-state index in [0.717, 1.165) is 11.3 Å². The van der Waals surface area contributed by atoms with Crippen molar-refractivity contribution in [1.82, 2.24) is 10.1 Å². The average Bonchev–Trinajstić information content (AvgIpc) is 3.02. The number of benzene rings is 1. The Balaban J connectivity index is 1.97. The largest absolute Gasteiger partial charge is 0.338 e. The number of rotatable bonds is 7. The molecule has 25 heavy (non-hydrogen) atoms. The summed E-state index contributed by atoms with van der Waals surface area (Å²) in [5.41, 5.74) is 1.57. The molecule has 1 amide bonds. The summed E-state index contributed by atoms with van der Waals surface area (Å²) in [5, 5.41) is 17.4. The van der Waals surface area contributed by atoms with Gasteiger partial charge in [0.05, 0.1) is 17.2 Å². The Labute approximate surface area is 145 Å². The molecule has 1 heterocycles. The van der Waals surface area contributed by atoms with Crippen LogP contribution in [0, 0.1) is 10.1 Å². The molecule has 0 bridgehead atoms. The molecule has 0 aliphatic rings. The second-order valence-electron chi connectivity index (χ2n) is 6.26. The molecule has 1 unspecified atom stereocenters. The minimum absolute atomic E-state index is 0.0325. The molecule has 134 valence electrons. The van der Waals surface area contributed by atoms with Gasteiger partial charge >= 0.3 is 0 Å². The van der Waals surface area contributed by atoms with Crippen molar-refractivity contribution in [3.63, 3.8) is 0 Å². The Morgan fingerprint density at radius 1 is 1.36 bits per heavy atom. The van der Waals surface area contributed by atoms with E-state index >= 15 is 0 Å². The number of amides is 1. The first kappa shape index (κ1) is 18.6. The first-order chi connectivity index (χ1) is 11.8. The van der Waals surface area contributed by atoms with E-state index < -0.39 is 4.92 Å². The van der Waals surface area contributed by atoms with Crippen molar-refractivity contribution < 1.29 is 14.2 Å². The van der Waals surface area contributed by atoms with Gasteiger partial charge in [0.1, 0.15) is 0 Å². The van der Waals surface area contributed by atoms with Gasteiger partial charge in [-0.15, -0.1) is 0 Å². The van der Waals surface area contributed by atoms with Crippen LogP contribution in [0.3, 0.4) is 0 Å². The van der Waals surface area contributed by atoms with E-state index in [1.54, 1.807) is 30.1 Å². The number of hydrogen-bond acceptors (Lipinski definition) is 6. The van der Waals surface area contributed by atoms with Crippen molar-refractivity contribution in [2.45, 2.75) is 32.7 Å². The van der Waals surface area contributed by atoms with Gasteiger partial charge in [-0.05, 0) is 25.5 Å². The van der Waals surface area contributed by atoms with E-state index in [4.69, 9.17) is 4.52 Å². The van der Waals surface area contributed by atoms with Crippen LogP contribution >= 0.6 is 0 Å². The van der Waals surface area contributed by atoms with Gasteiger partial charge in [-0.3, -0.25) is 25.1 Å². The van der Waals surface area contributed by atoms with Gasteiger partial charge in [0.15, 0.2) is 0 Å². The number of carbonyl (C=O) groups is 1. The standard InChI is InChI=1S/C17H22N4O4/c1-11(2)15-9-17(25-19-15)18-16(22)10-20(4)12(3)13-6-5-7-14(8-13)21(23)24/h5-9,11-12H,10H2,1-4H3,(H,18,22). The third-order valence-electron chi connectivity index (χ3n) is 4.00. The lowest BCUT2D eigenvalue weighted by Gasteiger charge is -2.24. The van der Waals surface area contributed by atoms with E-state index in [2.05, 4.69) is 10.5 Å². The molecule has 1 aromatic heterocycles. The predicted octanol–water partition coefficient (Wildman–Crippen LogP) is 3.34. The molecule has 1 N–H and O–H groups in total. The smallest absolute Gasteiger partial charge is 0.269 e. The molecule has 0 fully saturated rings. The van der Waals surface area contributed by atoms with E-state index in [9.17, 15) is 14.9 Å². The molecular weight excluding hydrogens is 324 g/mol. The number of anilines is 1. The summed E-state index contributed by atoms with van der Waals surface area (Å²) in [5.74, 6) is 0.280. The fourth-order valence-electron chi connectivity index (χ4n) is 2.31. The van der Waals surface area contributed by atoms with Crippen LogP contribution in [0.4, 0.5) is 11.6 Å². The normalized spacial score (nSPS) is 12.4. The first-order valence-corrected chi connectivity index (χ1v) is 7.99. The monoisotopic (exact) mass is 346 g/mol. The highest BCUT2D eigenvalue weighted by atomic mass is 16.6. The maximum atomic E-state index is 12.2. The number of nitrogens with zero attached hydrogens (tertiary/aromatic N) is 3. The predicted molar refractivity (Wildman–Crippen MR) is 93.4 cm³/mol. The first-order valence-electron chi connectivity index (χ1n) is 7.99. The molecule has 0 aliphatic carbocycles. The summed E-state index contributed by atoms with van der Waals surface area (Å²) >= 11 is 0. The summed E-state index contributed by atoms with van der Waals surface area (Å²) in [6.07, 6.45) is 0. The van der Waals surface area contributed by atoms with Crippen LogP contribution in [-0.2, 0) is 4.79 Å². The van der Waals surface area contributed by atoms with Gasteiger partial charge < -0.3 is 4.52 Å². The highest BCUT2D eigenvalue weighted by Crippen LogP contribution is 2.23. The minimum Gasteiger partial charge on any atom is -0.338 e. The van der Waals surface area contributed by atoms with Crippen LogP contribution in [0.5, 0.6) is 0 Å². The molecule has 2 aromatic rings. The SMILES string of the molecule is CC(C)c1cc(NC(=O)CN(C)C(C)c2cccc([N+](=O)[O-])c2)on1. The summed E-state index contributed by atoms with van der Waals surface area (Å²) in [6, 6.07) is 7.94. The van der Waals surface area contributed by atoms with Crippen LogP contribution in [0.15, 0.2) is 34.9 Å². The quantitative estimate of drug-likeness (QED) is 0.609. The molecule has 0 radical (unpaired) electrons. The van der Waals surface area contributed by atoms with Crippen molar-refractivity contribution in [2.75, 3.05) is 18.9 Å². The van der Waals surface area contributed by atoms with Gasteiger partial charge in [-0.1, -0.05) is 31.1 Å². The second kappa shape index (κ2) is 7.89. The number of aromatic nitrogens is 1. The summed E-state index contributed by atoms with van der Waals surface area (Å²) in [7, 11) is 1.78. The van der Waals surface area contributed by atoms with Crippen LogP contribution in [-0.4, -0.2) is 34.5 Å². The number of nitro groups is 1. The molecule has 0 aliphatic heterocycles. The number of non-ortho nitro benzene ring substituents is 1.